The van der Waals surface area contributed by atoms with E-state index in [9.17, 15) is 13.0 Å². The van der Waals surface area contributed by atoms with E-state index in [0.29, 0.717) is 0 Å². The van der Waals surface area contributed by atoms with Crippen molar-refractivity contribution in [2.75, 3.05) is 7.11 Å². The molecule has 0 spiro atoms. The molecule has 0 aliphatic rings. The van der Waals surface area contributed by atoms with Crippen molar-refractivity contribution in [1.29, 1.82) is 0 Å². The molecular weight excluding hydrogens is 304 g/mol. The molecule has 0 N–H and O–H groups in total. The Hall–Kier alpha value is -2.09. The van der Waals surface area contributed by atoms with E-state index in [1.807, 2.05) is 12.1 Å². The largest absolute Gasteiger partial charge is 0.726 e. The molecular formula is C15H16N2O4S. The van der Waals surface area contributed by atoms with Crippen LogP contribution in [0.3, 0.4) is 0 Å². The first kappa shape index (κ1) is 16.3. The van der Waals surface area contributed by atoms with E-state index >= 15 is 0 Å². The molecule has 0 atom stereocenters. The van der Waals surface area contributed by atoms with E-state index in [1.54, 1.807) is 0 Å². The smallest absolute Gasteiger partial charge is 0.231 e. The summed E-state index contributed by atoms with van der Waals surface area (Å²) >= 11 is 0. The molecule has 0 fully saturated rings. The molecule has 22 heavy (non-hydrogen) atoms. The molecule has 116 valence electrons. The van der Waals surface area contributed by atoms with Crippen LogP contribution in [-0.4, -0.2) is 25.1 Å². The standard InChI is InChI=1S/C14H13N2.CH4O4S/c1-2-16-13-9-5-3-7-11(13)15-12-8-4-6-10-14(12)16;1-5-6(2,3)4/h3-10H,2H2,1H3;1H3,(H,2,3,4)/q+1;/p-1. The van der Waals surface area contributed by atoms with E-state index in [2.05, 4.69) is 57.1 Å². The summed E-state index contributed by atoms with van der Waals surface area (Å²) < 4.78 is 33.3. The summed E-state index contributed by atoms with van der Waals surface area (Å²) in [6, 6.07) is 16.6. The molecule has 3 aromatic rings. The molecule has 0 saturated heterocycles. The fourth-order valence-corrected chi connectivity index (χ4v) is 2.17. The SMILES string of the molecule is CC[n+]1c2ccccc2nc2ccccc21.COS(=O)(=O)[O-]. The van der Waals surface area contributed by atoms with Crippen LogP contribution in [0.25, 0.3) is 22.1 Å². The van der Waals surface area contributed by atoms with Crippen molar-refractivity contribution in [3.05, 3.63) is 48.5 Å². The third-order valence-corrected chi connectivity index (χ3v) is 3.51. The van der Waals surface area contributed by atoms with Crippen molar-refractivity contribution in [2.24, 2.45) is 0 Å². The van der Waals surface area contributed by atoms with Crippen LogP contribution in [0.2, 0.25) is 0 Å². The molecule has 3 rings (SSSR count). The Bertz CT molecular complexity index is 840. The van der Waals surface area contributed by atoms with Gasteiger partial charge in [0.2, 0.25) is 21.4 Å². The predicted molar refractivity (Wildman–Crippen MR) is 81.8 cm³/mol. The summed E-state index contributed by atoms with van der Waals surface area (Å²) in [5, 5.41) is 0. The number of hydrogen-bond acceptors (Lipinski definition) is 5. The topological polar surface area (TPSA) is 83.2 Å². The summed E-state index contributed by atoms with van der Waals surface area (Å²) in [6.45, 7) is 3.13. The quantitative estimate of drug-likeness (QED) is 0.311. The monoisotopic (exact) mass is 320 g/mol. The number of nitrogens with zero attached hydrogens (tertiary/aromatic N) is 2. The maximum Gasteiger partial charge on any atom is 0.231 e. The minimum absolute atomic E-state index is 0.808. The van der Waals surface area contributed by atoms with Crippen LogP contribution >= 0.6 is 0 Å². The van der Waals surface area contributed by atoms with Gasteiger partial charge in [-0.3, -0.25) is 4.18 Å². The van der Waals surface area contributed by atoms with Crippen molar-refractivity contribution in [3.8, 4) is 0 Å². The summed E-state index contributed by atoms with van der Waals surface area (Å²) in [5.74, 6) is 0. The summed E-state index contributed by atoms with van der Waals surface area (Å²) in [6.07, 6.45) is 0. The number of benzene rings is 2. The highest BCUT2D eigenvalue weighted by atomic mass is 32.3. The minimum Gasteiger partial charge on any atom is -0.726 e. The molecule has 6 nitrogen and oxygen atoms in total. The zero-order valence-electron chi connectivity index (χ0n) is 12.3. The Morgan fingerprint density at radius 3 is 1.82 bits per heavy atom. The fourth-order valence-electron chi connectivity index (χ4n) is 2.17. The fraction of sp³-hybridized carbons (Fsp3) is 0.200. The normalized spacial score (nSPS) is 11.2. The number of aromatic nitrogens is 2. The van der Waals surface area contributed by atoms with E-state index in [0.717, 1.165) is 24.7 Å². The zero-order chi connectivity index (χ0) is 16.2. The van der Waals surface area contributed by atoms with Gasteiger partial charge in [0.15, 0.2) is 0 Å². The Morgan fingerprint density at radius 1 is 1.05 bits per heavy atom. The number of fused-ring (bicyclic) bond motifs is 2. The molecule has 0 bridgehead atoms. The van der Waals surface area contributed by atoms with Gasteiger partial charge < -0.3 is 4.55 Å². The molecule has 0 radical (unpaired) electrons. The van der Waals surface area contributed by atoms with Gasteiger partial charge in [0, 0.05) is 12.1 Å². The number of hydrogen-bond donors (Lipinski definition) is 0. The molecule has 1 aromatic heterocycles. The molecule has 2 aromatic carbocycles. The van der Waals surface area contributed by atoms with E-state index in [1.165, 1.54) is 11.0 Å². The van der Waals surface area contributed by atoms with E-state index < -0.39 is 10.4 Å². The first-order valence-corrected chi connectivity index (χ1v) is 7.98. The third kappa shape index (κ3) is 3.76. The van der Waals surface area contributed by atoms with E-state index in [-0.39, 0.29) is 0 Å². The zero-order valence-corrected chi connectivity index (χ0v) is 13.1. The van der Waals surface area contributed by atoms with Crippen LogP contribution in [0.1, 0.15) is 6.92 Å². The lowest BCUT2D eigenvalue weighted by molar-refractivity contribution is -0.641. The molecule has 1 heterocycles. The molecule has 0 aliphatic carbocycles. The Labute approximate surface area is 128 Å². The number of aryl methyl sites for hydroxylation is 1. The van der Waals surface area contributed by atoms with Gasteiger partial charge in [0.1, 0.15) is 17.6 Å². The van der Waals surface area contributed by atoms with Gasteiger partial charge in [0.25, 0.3) is 0 Å². The van der Waals surface area contributed by atoms with Crippen LogP contribution in [0.15, 0.2) is 48.5 Å². The number of para-hydroxylation sites is 4. The van der Waals surface area contributed by atoms with E-state index in [4.69, 9.17) is 0 Å². The van der Waals surface area contributed by atoms with Crippen LogP contribution in [0, 0.1) is 0 Å². The second kappa shape index (κ2) is 6.78. The van der Waals surface area contributed by atoms with Gasteiger partial charge in [-0.2, -0.15) is 4.57 Å². The summed E-state index contributed by atoms with van der Waals surface area (Å²) in [5.41, 5.74) is 4.51. The van der Waals surface area contributed by atoms with Crippen LogP contribution < -0.4 is 4.57 Å². The summed E-state index contributed by atoms with van der Waals surface area (Å²) in [7, 11) is -3.60. The second-order valence-corrected chi connectivity index (χ2v) is 5.56. The lowest BCUT2D eigenvalue weighted by atomic mass is 10.2. The Morgan fingerprint density at radius 2 is 1.45 bits per heavy atom. The van der Waals surface area contributed by atoms with Crippen LogP contribution in [0.5, 0.6) is 0 Å². The molecule has 0 aliphatic heterocycles. The van der Waals surface area contributed by atoms with Gasteiger partial charge in [-0.05, 0) is 19.1 Å². The highest BCUT2D eigenvalue weighted by Gasteiger charge is 2.13. The lowest BCUT2D eigenvalue weighted by Crippen LogP contribution is -2.34. The minimum atomic E-state index is -4.41. The summed E-state index contributed by atoms with van der Waals surface area (Å²) in [4.78, 5) is 4.67. The number of rotatable bonds is 2. The van der Waals surface area contributed by atoms with Crippen molar-refractivity contribution in [3.63, 3.8) is 0 Å². The van der Waals surface area contributed by atoms with Crippen molar-refractivity contribution in [2.45, 2.75) is 13.5 Å². The first-order chi connectivity index (χ1) is 10.5. The maximum absolute atomic E-state index is 9.22. The van der Waals surface area contributed by atoms with Crippen LogP contribution in [-0.2, 0) is 21.1 Å². The Kier molecular flexibility index (Phi) is 5.02. The van der Waals surface area contributed by atoms with Crippen molar-refractivity contribution < 1.29 is 21.7 Å². The van der Waals surface area contributed by atoms with Gasteiger partial charge in [-0.1, -0.05) is 24.3 Å². The first-order valence-electron chi connectivity index (χ1n) is 6.65. The molecule has 0 saturated carbocycles. The van der Waals surface area contributed by atoms with Crippen LogP contribution in [0.4, 0.5) is 0 Å². The van der Waals surface area contributed by atoms with Gasteiger partial charge >= 0.3 is 0 Å². The Balaban J connectivity index is 0.000000254. The van der Waals surface area contributed by atoms with Gasteiger partial charge in [-0.15, -0.1) is 0 Å². The van der Waals surface area contributed by atoms with Gasteiger partial charge in [-0.25, -0.2) is 13.4 Å². The molecule has 7 heteroatoms. The molecule has 0 amide bonds. The molecule has 0 unspecified atom stereocenters. The van der Waals surface area contributed by atoms with Crippen molar-refractivity contribution in [1.82, 2.24) is 4.98 Å². The lowest BCUT2D eigenvalue weighted by Gasteiger charge is -2.02. The van der Waals surface area contributed by atoms with Crippen molar-refractivity contribution >= 4 is 32.5 Å². The highest BCUT2D eigenvalue weighted by molar-refractivity contribution is 7.80. The average molecular weight is 320 g/mol. The highest BCUT2D eigenvalue weighted by Crippen LogP contribution is 2.13. The maximum atomic E-state index is 9.22. The second-order valence-electron chi connectivity index (χ2n) is 4.41. The predicted octanol–water partition coefficient (Wildman–Crippen LogP) is 1.79. The van der Waals surface area contributed by atoms with Gasteiger partial charge in [0.05, 0.1) is 7.11 Å². The average Bonchev–Trinajstić information content (AvgIpc) is 2.52. The third-order valence-electron chi connectivity index (χ3n) is 3.11.